The van der Waals surface area contributed by atoms with Crippen molar-refractivity contribution in [2.45, 2.75) is 71.3 Å². The van der Waals surface area contributed by atoms with Crippen LogP contribution in [-0.4, -0.2) is 25.8 Å². The molecule has 0 amide bonds. The Balaban J connectivity index is 2.15. The molecule has 0 aromatic heterocycles. The van der Waals surface area contributed by atoms with Gasteiger partial charge in [-0.15, -0.1) is 0 Å². The van der Waals surface area contributed by atoms with E-state index in [0.29, 0.717) is 0 Å². The zero-order valence-corrected chi connectivity index (χ0v) is 11.8. The third kappa shape index (κ3) is 6.42. The Labute approximate surface area is 108 Å². The Morgan fingerprint density at radius 2 is 1.94 bits per heavy atom. The number of unbranched alkanes of at least 4 members (excludes halogenated alkanes) is 1. The van der Waals surface area contributed by atoms with E-state index < -0.39 is 0 Å². The van der Waals surface area contributed by atoms with E-state index in [-0.39, 0.29) is 0 Å². The number of nitrogens with one attached hydrogen (secondary N) is 1. The second-order valence-electron chi connectivity index (χ2n) is 5.30. The molecule has 102 valence electrons. The van der Waals surface area contributed by atoms with Crippen molar-refractivity contribution >= 4 is 0 Å². The van der Waals surface area contributed by atoms with E-state index in [0.717, 1.165) is 25.2 Å². The summed E-state index contributed by atoms with van der Waals surface area (Å²) in [5, 5.41) is 3.76. The topological polar surface area (TPSA) is 21.3 Å². The molecule has 1 fully saturated rings. The Kier molecular flexibility index (Phi) is 8.72. The molecule has 1 aliphatic carbocycles. The van der Waals surface area contributed by atoms with Crippen LogP contribution in [0.25, 0.3) is 0 Å². The summed E-state index contributed by atoms with van der Waals surface area (Å²) < 4.78 is 5.40. The molecule has 2 heteroatoms. The van der Waals surface area contributed by atoms with Gasteiger partial charge in [0.25, 0.3) is 0 Å². The van der Waals surface area contributed by atoms with Crippen molar-refractivity contribution < 1.29 is 4.74 Å². The molecule has 0 radical (unpaired) electrons. The van der Waals surface area contributed by atoms with Crippen LogP contribution in [0.15, 0.2) is 0 Å². The van der Waals surface area contributed by atoms with Crippen LogP contribution < -0.4 is 5.32 Å². The van der Waals surface area contributed by atoms with E-state index in [1.807, 2.05) is 0 Å². The molecule has 2 nitrogen and oxygen atoms in total. The Morgan fingerprint density at radius 1 is 1.18 bits per heavy atom. The normalized spacial score (nSPS) is 18.7. The van der Waals surface area contributed by atoms with Crippen LogP contribution in [0, 0.1) is 5.92 Å². The highest BCUT2D eigenvalue weighted by atomic mass is 16.5. The summed E-state index contributed by atoms with van der Waals surface area (Å²) in [5.41, 5.74) is 0. The Hall–Kier alpha value is -0.0800. The molecule has 0 bridgehead atoms. The second-order valence-corrected chi connectivity index (χ2v) is 5.30. The third-order valence-electron chi connectivity index (χ3n) is 3.88. The molecule has 1 atom stereocenters. The quantitative estimate of drug-likeness (QED) is 0.588. The summed E-state index contributed by atoms with van der Waals surface area (Å²) >= 11 is 0. The van der Waals surface area contributed by atoms with Gasteiger partial charge in [-0.05, 0) is 57.9 Å². The van der Waals surface area contributed by atoms with Crippen LogP contribution in [0.5, 0.6) is 0 Å². The minimum Gasteiger partial charge on any atom is -0.382 e. The highest BCUT2D eigenvalue weighted by Crippen LogP contribution is 2.29. The first-order valence-electron chi connectivity index (χ1n) is 7.69. The molecule has 0 aromatic rings. The number of ether oxygens (including phenoxy) is 1. The van der Waals surface area contributed by atoms with E-state index in [2.05, 4.69) is 19.2 Å². The molecular formula is C15H31NO. The van der Waals surface area contributed by atoms with Crippen LogP contribution in [0.4, 0.5) is 0 Å². The molecule has 1 rings (SSSR count). The average molecular weight is 241 g/mol. The maximum atomic E-state index is 5.40. The van der Waals surface area contributed by atoms with Gasteiger partial charge in [0.15, 0.2) is 0 Å². The molecule has 1 saturated carbocycles. The summed E-state index contributed by atoms with van der Waals surface area (Å²) in [7, 11) is 0. The van der Waals surface area contributed by atoms with Gasteiger partial charge in [-0.3, -0.25) is 0 Å². The first kappa shape index (κ1) is 15.0. The second kappa shape index (κ2) is 9.90. The van der Waals surface area contributed by atoms with E-state index >= 15 is 0 Å². The molecule has 1 aliphatic rings. The zero-order valence-electron chi connectivity index (χ0n) is 11.8. The van der Waals surface area contributed by atoms with Crippen LogP contribution in [0.1, 0.15) is 65.2 Å². The fraction of sp³-hybridized carbons (Fsp3) is 1.00. The minimum absolute atomic E-state index is 0.777. The standard InChI is InChI=1S/C15H31NO/c1-3-12-16-15(14-9-5-6-10-14)11-7-8-13-17-4-2/h14-16H,3-13H2,1-2H3. The maximum Gasteiger partial charge on any atom is 0.0465 e. The lowest BCUT2D eigenvalue weighted by atomic mass is 9.93. The number of rotatable bonds is 10. The van der Waals surface area contributed by atoms with Gasteiger partial charge < -0.3 is 10.1 Å². The van der Waals surface area contributed by atoms with Gasteiger partial charge in [-0.2, -0.15) is 0 Å². The predicted molar refractivity (Wildman–Crippen MR) is 74.4 cm³/mol. The van der Waals surface area contributed by atoms with Gasteiger partial charge in [0, 0.05) is 19.3 Å². The lowest BCUT2D eigenvalue weighted by molar-refractivity contribution is 0.141. The van der Waals surface area contributed by atoms with E-state index in [1.54, 1.807) is 0 Å². The first-order chi connectivity index (χ1) is 8.38. The fourth-order valence-corrected chi connectivity index (χ4v) is 2.91. The lowest BCUT2D eigenvalue weighted by Gasteiger charge is -2.24. The minimum atomic E-state index is 0.777. The molecular weight excluding hydrogens is 210 g/mol. The van der Waals surface area contributed by atoms with Crippen LogP contribution in [0.3, 0.4) is 0 Å². The zero-order chi connectivity index (χ0) is 12.3. The molecule has 17 heavy (non-hydrogen) atoms. The van der Waals surface area contributed by atoms with Gasteiger partial charge in [0.05, 0.1) is 0 Å². The molecule has 0 aromatic carbocycles. The summed E-state index contributed by atoms with van der Waals surface area (Å²) in [4.78, 5) is 0. The fourth-order valence-electron chi connectivity index (χ4n) is 2.91. The average Bonchev–Trinajstić information content (AvgIpc) is 2.86. The molecule has 1 N–H and O–H groups in total. The van der Waals surface area contributed by atoms with E-state index in [4.69, 9.17) is 4.74 Å². The highest BCUT2D eigenvalue weighted by Gasteiger charge is 2.23. The van der Waals surface area contributed by atoms with Crippen LogP contribution in [-0.2, 0) is 4.74 Å². The summed E-state index contributed by atoms with van der Waals surface area (Å²) in [6.07, 6.45) is 10.9. The smallest absolute Gasteiger partial charge is 0.0465 e. The molecule has 0 heterocycles. The third-order valence-corrected chi connectivity index (χ3v) is 3.88. The Bertz CT molecular complexity index is 166. The van der Waals surface area contributed by atoms with Gasteiger partial charge in [0.2, 0.25) is 0 Å². The van der Waals surface area contributed by atoms with Crippen molar-refractivity contribution in [3.8, 4) is 0 Å². The Morgan fingerprint density at radius 3 is 2.59 bits per heavy atom. The van der Waals surface area contributed by atoms with Crippen molar-refractivity contribution in [3.63, 3.8) is 0 Å². The van der Waals surface area contributed by atoms with Crippen molar-refractivity contribution in [1.29, 1.82) is 0 Å². The SMILES string of the molecule is CCCNC(CCCCOCC)C1CCCC1. The van der Waals surface area contributed by atoms with Crippen molar-refractivity contribution in [2.75, 3.05) is 19.8 Å². The van der Waals surface area contributed by atoms with Crippen LogP contribution in [0.2, 0.25) is 0 Å². The highest BCUT2D eigenvalue weighted by molar-refractivity contribution is 4.80. The van der Waals surface area contributed by atoms with Gasteiger partial charge in [-0.25, -0.2) is 0 Å². The number of hydrogen-bond acceptors (Lipinski definition) is 2. The van der Waals surface area contributed by atoms with Crippen molar-refractivity contribution in [2.24, 2.45) is 5.92 Å². The van der Waals surface area contributed by atoms with Gasteiger partial charge >= 0.3 is 0 Å². The van der Waals surface area contributed by atoms with Crippen LogP contribution >= 0.6 is 0 Å². The molecule has 0 aliphatic heterocycles. The maximum absolute atomic E-state index is 5.40. The van der Waals surface area contributed by atoms with Gasteiger partial charge in [0.1, 0.15) is 0 Å². The first-order valence-corrected chi connectivity index (χ1v) is 7.69. The molecule has 0 saturated heterocycles. The largest absolute Gasteiger partial charge is 0.382 e. The monoisotopic (exact) mass is 241 g/mol. The summed E-state index contributed by atoms with van der Waals surface area (Å²) in [5.74, 6) is 0.952. The van der Waals surface area contributed by atoms with Crippen molar-refractivity contribution in [3.05, 3.63) is 0 Å². The molecule has 1 unspecified atom stereocenters. The van der Waals surface area contributed by atoms with Gasteiger partial charge in [-0.1, -0.05) is 19.8 Å². The van der Waals surface area contributed by atoms with E-state index in [9.17, 15) is 0 Å². The van der Waals surface area contributed by atoms with E-state index in [1.165, 1.54) is 57.9 Å². The molecule has 0 spiro atoms. The lowest BCUT2D eigenvalue weighted by Crippen LogP contribution is -2.35. The number of hydrogen-bond donors (Lipinski definition) is 1. The summed E-state index contributed by atoms with van der Waals surface area (Å²) in [6.45, 7) is 7.33. The predicted octanol–water partition coefficient (Wildman–Crippen LogP) is 3.75. The summed E-state index contributed by atoms with van der Waals surface area (Å²) in [6, 6.07) is 0.777. The van der Waals surface area contributed by atoms with Crippen molar-refractivity contribution in [1.82, 2.24) is 5.32 Å².